The summed E-state index contributed by atoms with van der Waals surface area (Å²) in [6.07, 6.45) is 0. The second-order valence-electron chi connectivity index (χ2n) is 4.28. The zero-order chi connectivity index (χ0) is 13.2. The molecule has 96 valence electrons. The normalized spacial score (nSPS) is 12.5. The number of aromatic nitrogens is 2. The third-order valence-corrected chi connectivity index (χ3v) is 3.84. The predicted molar refractivity (Wildman–Crippen MR) is 80.9 cm³/mol. The Hall–Kier alpha value is -1.65. The molecule has 1 unspecified atom stereocenters. The van der Waals surface area contributed by atoms with Crippen LogP contribution in [-0.2, 0) is 0 Å². The first-order valence-corrected chi connectivity index (χ1v) is 7.27. The minimum atomic E-state index is 0.181. The second kappa shape index (κ2) is 5.15. The van der Waals surface area contributed by atoms with Crippen molar-refractivity contribution in [2.75, 3.05) is 5.32 Å². The summed E-state index contributed by atoms with van der Waals surface area (Å²) in [5, 5.41) is 8.84. The van der Waals surface area contributed by atoms with Crippen LogP contribution in [0.5, 0.6) is 0 Å². The van der Waals surface area contributed by atoms with Gasteiger partial charge in [0.15, 0.2) is 0 Å². The molecule has 0 aliphatic heterocycles. The van der Waals surface area contributed by atoms with Crippen LogP contribution in [0.15, 0.2) is 41.1 Å². The van der Waals surface area contributed by atoms with Crippen LogP contribution in [0.2, 0.25) is 5.28 Å². The molecule has 1 atom stereocenters. The second-order valence-corrected chi connectivity index (χ2v) is 5.40. The average molecular weight is 290 g/mol. The number of thiophene rings is 1. The van der Waals surface area contributed by atoms with E-state index >= 15 is 0 Å². The molecule has 0 radical (unpaired) electrons. The maximum Gasteiger partial charge on any atom is 0.224 e. The van der Waals surface area contributed by atoms with E-state index in [9.17, 15) is 0 Å². The Balaban J connectivity index is 2.00. The predicted octanol–water partition coefficient (Wildman–Crippen LogP) is 4.52. The number of hydrogen-bond acceptors (Lipinski definition) is 4. The van der Waals surface area contributed by atoms with Crippen molar-refractivity contribution >= 4 is 39.7 Å². The molecule has 1 N–H and O–H groups in total. The highest BCUT2D eigenvalue weighted by Gasteiger charge is 2.10. The minimum Gasteiger partial charge on any atom is -0.363 e. The summed E-state index contributed by atoms with van der Waals surface area (Å²) < 4.78 is 0. The Kier molecular flexibility index (Phi) is 3.36. The van der Waals surface area contributed by atoms with Crippen molar-refractivity contribution in [3.05, 3.63) is 51.9 Å². The Morgan fingerprint density at radius 1 is 1.21 bits per heavy atom. The van der Waals surface area contributed by atoms with Crippen molar-refractivity contribution in [3.63, 3.8) is 0 Å². The van der Waals surface area contributed by atoms with Crippen molar-refractivity contribution in [2.24, 2.45) is 0 Å². The fourth-order valence-corrected chi connectivity index (χ4v) is 2.90. The average Bonchev–Trinajstić information content (AvgIpc) is 2.92. The van der Waals surface area contributed by atoms with Crippen LogP contribution in [0, 0.1) is 0 Å². The lowest BCUT2D eigenvalue weighted by Crippen LogP contribution is -2.08. The third kappa shape index (κ3) is 2.55. The number of halogens is 1. The largest absolute Gasteiger partial charge is 0.363 e. The fourth-order valence-electron chi connectivity index (χ4n) is 1.97. The summed E-state index contributed by atoms with van der Waals surface area (Å²) in [6, 6.07) is 10.1. The molecule has 0 fully saturated rings. The molecule has 19 heavy (non-hydrogen) atoms. The maximum atomic E-state index is 5.97. The molecule has 1 aromatic carbocycles. The standard InChI is InChI=1S/C14H12ClN3S/c1-9(10-6-7-19-8-10)16-13-11-4-2-3-5-12(11)17-14(15)18-13/h2-9H,1H3,(H,16,17,18). The lowest BCUT2D eigenvalue weighted by Gasteiger charge is -2.15. The van der Waals surface area contributed by atoms with Crippen LogP contribution in [-0.4, -0.2) is 9.97 Å². The molecule has 3 rings (SSSR count). The first-order valence-electron chi connectivity index (χ1n) is 5.95. The first-order chi connectivity index (χ1) is 9.24. The smallest absolute Gasteiger partial charge is 0.224 e. The molecule has 3 aromatic rings. The van der Waals surface area contributed by atoms with Gasteiger partial charge in [-0.05, 0) is 53.0 Å². The van der Waals surface area contributed by atoms with Gasteiger partial charge in [-0.1, -0.05) is 12.1 Å². The van der Waals surface area contributed by atoms with Gasteiger partial charge in [0, 0.05) is 5.39 Å². The van der Waals surface area contributed by atoms with Crippen molar-refractivity contribution in [2.45, 2.75) is 13.0 Å². The van der Waals surface area contributed by atoms with Crippen LogP contribution in [0.1, 0.15) is 18.5 Å². The number of anilines is 1. The molecule has 0 saturated carbocycles. The van der Waals surface area contributed by atoms with E-state index in [1.165, 1.54) is 5.56 Å². The molecule has 2 aromatic heterocycles. The number of nitrogens with zero attached hydrogens (tertiary/aromatic N) is 2. The number of fused-ring (bicyclic) bond motifs is 1. The van der Waals surface area contributed by atoms with Gasteiger partial charge in [-0.25, -0.2) is 9.97 Å². The van der Waals surface area contributed by atoms with E-state index in [1.807, 2.05) is 24.3 Å². The Bertz CT molecular complexity index is 697. The van der Waals surface area contributed by atoms with Gasteiger partial charge in [0.25, 0.3) is 0 Å². The molecular formula is C14H12ClN3S. The molecule has 0 saturated heterocycles. The molecule has 0 amide bonds. The summed E-state index contributed by atoms with van der Waals surface area (Å²) in [5.41, 5.74) is 2.09. The molecule has 2 heterocycles. The van der Waals surface area contributed by atoms with Gasteiger partial charge in [-0.2, -0.15) is 11.3 Å². The summed E-state index contributed by atoms with van der Waals surface area (Å²) in [6.45, 7) is 2.10. The maximum absolute atomic E-state index is 5.97. The van der Waals surface area contributed by atoms with Crippen molar-refractivity contribution in [1.29, 1.82) is 0 Å². The highest BCUT2D eigenvalue weighted by molar-refractivity contribution is 7.08. The van der Waals surface area contributed by atoms with Gasteiger partial charge in [-0.15, -0.1) is 0 Å². The molecule has 3 nitrogen and oxygen atoms in total. The van der Waals surface area contributed by atoms with Crippen LogP contribution < -0.4 is 5.32 Å². The summed E-state index contributed by atoms with van der Waals surface area (Å²) >= 11 is 7.66. The van der Waals surface area contributed by atoms with Gasteiger partial charge in [0.2, 0.25) is 5.28 Å². The van der Waals surface area contributed by atoms with E-state index in [1.54, 1.807) is 11.3 Å². The quantitative estimate of drug-likeness (QED) is 0.721. The minimum absolute atomic E-state index is 0.181. The number of para-hydroxylation sites is 1. The third-order valence-electron chi connectivity index (χ3n) is 2.97. The molecule has 0 aliphatic rings. The SMILES string of the molecule is CC(Nc1nc(Cl)nc2ccccc12)c1ccsc1. The van der Waals surface area contributed by atoms with Crippen molar-refractivity contribution in [3.8, 4) is 0 Å². The lowest BCUT2D eigenvalue weighted by molar-refractivity contribution is 0.881. The van der Waals surface area contributed by atoms with Gasteiger partial charge < -0.3 is 5.32 Å². The molecule has 0 bridgehead atoms. The van der Waals surface area contributed by atoms with Gasteiger partial charge >= 0.3 is 0 Å². The zero-order valence-electron chi connectivity index (χ0n) is 10.3. The van der Waals surface area contributed by atoms with Crippen LogP contribution in [0.4, 0.5) is 5.82 Å². The zero-order valence-corrected chi connectivity index (χ0v) is 11.9. The fraction of sp³-hybridized carbons (Fsp3) is 0.143. The van der Waals surface area contributed by atoms with E-state index in [2.05, 4.69) is 39.0 Å². The van der Waals surface area contributed by atoms with Gasteiger partial charge in [-0.3, -0.25) is 0 Å². The molecule has 5 heteroatoms. The monoisotopic (exact) mass is 289 g/mol. The number of nitrogens with one attached hydrogen (secondary N) is 1. The van der Waals surface area contributed by atoms with E-state index in [0.717, 1.165) is 16.7 Å². The Morgan fingerprint density at radius 3 is 2.84 bits per heavy atom. The Morgan fingerprint density at radius 2 is 2.05 bits per heavy atom. The molecular weight excluding hydrogens is 278 g/mol. The van der Waals surface area contributed by atoms with Crippen LogP contribution in [0.25, 0.3) is 10.9 Å². The van der Waals surface area contributed by atoms with Crippen molar-refractivity contribution < 1.29 is 0 Å². The first kappa shape index (κ1) is 12.4. The van der Waals surface area contributed by atoms with Crippen LogP contribution in [0.3, 0.4) is 0 Å². The summed E-state index contributed by atoms with van der Waals surface area (Å²) in [7, 11) is 0. The number of rotatable bonds is 3. The number of benzene rings is 1. The molecule has 0 aliphatic carbocycles. The van der Waals surface area contributed by atoms with Gasteiger partial charge in [0.05, 0.1) is 11.6 Å². The Labute approximate surface area is 120 Å². The van der Waals surface area contributed by atoms with E-state index in [0.29, 0.717) is 0 Å². The van der Waals surface area contributed by atoms with Crippen LogP contribution >= 0.6 is 22.9 Å². The summed E-state index contributed by atoms with van der Waals surface area (Å²) in [5.74, 6) is 0.773. The van der Waals surface area contributed by atoms with Gasteiger partial charge in [0.1, 0.15) is 5.82 Å². The van der Waals surface area contributed by atoms with E-state index in [4.69, 9.17) is 11.6 Å². The summed E-state index contributed by atoms with van der Waals surface area (Å²) in [4.78, 5) is 8.52. The molecule has 0 spiro atoms. The topological polar surface area (TPSA) is 37.8 Å². The lowest BCUT2D eigenvalue weighted by atomic mass is 10.1. The number of hydrogen-bond donors (Lipinski definition) is 1. The highest BCUT2D eigenvalue weighted by Crippen LogP contribution is 2.26. The highest BCUT2D eigenvalue weighted by atomic mass is 35.5. The van der Waals surface area contributed by atoms with E-state index in [-0.39, 0.29) is 11.3 Å². The van der Waals surface area contributed by atoms with Crippen molar-refractivity contribution in [1.82, 2.24) is 9.97 Å². The van der Waals surface area contributed by atoms with E-state index < -0.39 is 0 Å².